The zero-order valence-corrected chi connectivity index (χ0v) is 22.6. The Bertz CT molecular complexity index is 1300. The van der Waals surface area contributed by atoms with Crippen LogP contribution in [-0.2, 0) is 9.53 Å². The molecule has 0 radical (unpaired) electrons. The number of piperidine rings is 1. The maximum atomic E-state index is 13.4. The van der Waals surface area contributed by atoms with Gasteiger partial charge >= 0.3 is 6.09 Å². The second-order valence-corrected chi connectivity index (χ2v) is 10.6. The number of aromatic nitrogens is 2. The van der Waals surface area contributed by atoms with E-state index in [0.29, 0.717) is 42.9 Å². The lowest BCUT2D eigenvalue weighted by Gasteiger charge is -2.34. The van der Waals surface area contributed by atoms with Crippen molar-refractivity contribution in [1.82, 2.24) is 14.7 Å². The average molecular weight is 518 g/mol. The molecule has 4 rings (SSSR count). The molecule has 0 atom stereocenters. The smallest absolute Gasteiger partial charge is 0.410 e. The van der Waals surface area contributed by atoms with Crippen molar-refractivity contribution in [2.24, 2.45) is 0 Å². The number of rotatable bonds is 5. The van der Waals surface area contributed by atoms with Crippen LogP contribution < -0.4 is 10.6 Å². The molecule has 1 aliphatic heterocycles. The molecule has 0 saturated carbocycles. The number of hydrogen-bond acceptors (Lipinski definition) is 5. The summed E-state index contributed by atoms with van der Waals surface area (Å²) in [6, 6.07) is 15.0. The minimum atomic E-state index is -0.552. The van der Waals surface area contributed by atoms with E-state index < -0.39 is 5.60 Å². The van der Waals surface area contributed by atoms with Gasteiger partial charge in [-0.25, -0.2) is 9.48 Å². The van der Waals surface area contributed by atoms with Gasteiger partial charge in [0.1, 0.15) is 5.60 Å². The number of carbonyl (C=O) groups is 3. The van der Waals surface area contributed by atoms with E-state index in [1.54, 1.807) is 35.4 Å². The number of anilines is 2. The Balaban J connectivity index is 1.58. The Labute approximate surface area is 223 Å². The summed E-state index contributed by atoms with van der Waals surface area (Å²) in [5.41, 5.74) is 4.03. The Morgan fingerprint density at radius 3 is 2.05 bits per heavy atom. The van der Waals surface area contributed by atoms with Gasteiger partial charge in [-0.15, -0.1) is 0 Å². The van der Waals surface area contributed by atoms with Crippen LogP contribution in [0.2, 0.25) is 0 Å². The van der Waals surface area contributed by atoms with Gasteiger partial charge in [-0.3, -0.25) is 9.59 Å². The Morgan fingerprint density at radius 1 is 0.921 bits per heavy atom. The molecule has 1 aromatic heterocycles. The van der Waals surface area contributed by atoms with Crippen molar-refractivity contribution in [3.05, 3.63) is 71.5 Å². The minimum Gasteiger partial charge on any atom is -0.444 e. The lowest BCUT2D eigenvalue weighted by Crippen LogP contribution is -2.41. The second kappa shape index (κ2) is 11.1. The first kappa shape index (κ1) is 26.9. The Kier molecular flexibility index (Phi) is 7.85. The molecule has 3 amide bonds. The summed E-state index contributed by atoms with van der Waals surface area (Å²) in [7, 11) is 0. The maximum Gasteiger partial charge on any atom is 0.410 e. The van der Waals surface area contributed by atoms with Crippen molar-refractivity contribution < 1.29 is 19.1 Å². The predicted molar refractivity (Wildman–Crippen MR) is 147 cm³/mol. The molecular weight excluding hydrogens is 482 g/mol. The zero-order valence-electron chi connectivity index (χ0n) is 22.6. The molecule has 9 heteroatoms. The van der Waals surface area contributed by atoms with E-state index in [0.717, 1.165) is 16.9 Å². The van der Waals surface area contributed by atoms with Crippen molar-refractivity contribution in [3.63, 3.8) is 0 Å². The summed E-state index contributed by atoms with van der Waals surface area (Å²) >= 11 is 0. The summed E-state index contributed by atoms with van der Waals surface area (Å²) < 4.78 is 7.38. The summed E-state index contributed by atoms with van der Waals surface area (Å²) in [6.45, 7) is 10.1. The molecule has 1 aliphatic rings. The molecule has 2 heterocycles. The number of nitrogens with one attached hydrogen (secondary N) is 2. The standard InChI is InChI=1S/C29H35N5O4/c1-19-6-12-24(13-7-19)34-26(21-14-16-33(17-15-21)28(37)38-29(3,4)5)25(18-30-34)27(36)32-23-10-8-22(9-11-23)31-20(2)35/h6-13,18,21H,14-17H2,1-5H3,(H,31,35)(H,32,36). The number of aryl methyl sites for hydroxylation is 1. The van der Waals surface area contributed by atoms with Crippen molar-refractivity contribution in [2.75, 3.05) is 23.7 Å². The van der Waals surface area contributed by atoms with Crippen molar-refractivity contribution in [3.8, 4) is 5.69 Å². The van der Waals surface area contributed by atoms with Gasteiger partial charge in [0.05, 0.1) is 23.1 Å². The molecular formula is C29H35N5O4. The van der Waals surface area contributed by atoms with Crippen LogP contribution in [0.3, 0.4) is 0 Å². The molecule has 1 saturated heterocycles. The van der Waals surface area contributed by atoms with Crippen LogP contribution in [0.4, 0.5) is 16.2 Å². The van der Waals surface area contributed by atoms with Gasteiger partial charge in [-0.1, -0.05) is 17.7 Å². The molecule has 0 unspecified atom stereocenters. The fourth-order valence-corrected chi connectivity index (χ4v) is 4.52. The lowest BCUT2D eigenvalue weighted by molar-refractivity contribution is -0.114. The van der Waals surface area contributed by atoms with Crippen LogP contribution in [-0.4, -0.2) is 51.3 Å². The summed E-state index contributed by atoms with van der Waals surface area (Å²) in [4.78, 5) is 39.1. The van der Waals surface area contributed by atoms with Gasteiger partial charge in [0.25, 0.3) is 5.91 Å². The molecule has 3 aromatic rings. The third-order valence-electron chi connectivity index (χ3n) is 6.33. The Hall–Kier alpha value is -4.14. The maximum absolute atomic E-state index is 13.4. The normalized spacial score (nSPS) is 14.2. The van der Waals surface area contributed by atoms with Gasteiger partial charge in [-0.05, 0) is 76.9 Å². The average Bonchev–Trinajstić information content (AvgIpc) is 3.30. The number of nitrogens with zero attached hydrogens (tertiary/aromatic N) is 3. The fourth-order valence-electron chi connectivity index (χ4n) is 4.52. The van der Waals surface area contributed by atoms with Gasteiger partial charge < -0.3 is 20.3 Å². The monoisotopic (exact) mass is 517 g/mol. The van der Waals surface area contributed by atoms with Crippen LogP contribution >= 0.6 is 0 Å². The predicted octanol–water partition coefficient (Wildman–Crippen LogP) is 5.51. The van der Waals surface area contributed by atoms with E-state index in [4.69, 9.17) is 4.74 Å². The largest absolute Gasteiger partial charge is 0.444 e. The van der Waals surface area contributed by atoms with Crippen LogP contribution in [0.25, 0.3) is 5.69 Å². The number of benzene rings is 2. The number of likely N-dealkylation sites (tertiary alicyclic amines) is 1. The molecule has 2 N–H and O–H groups in total. The van der Waals surface area contributed by atoms with Crippen molar-refractivity contribution in [2.45, 2.75) is 59.0 Å². The SMILES string of the molecule is CC(=O)Nc1ccc(NC(=O)c2cnn(-c3ccc(C)cc3)c2C2CCN(C(=O)OC(C)(C)C)CC2)cc1. The lowest BCUT2D eigenvalue weighted by atomic mass is 9.90. The van der Waals surface area contributed by atoms with Crippen LogP contribution in [0.1, 0.15) is 68.1 Å². The van der Waals surface area contributed by atoms with Gasteiger partial charge in [0.15, 0.2) is 0 Å². The van der Waals surface area contributed by atoms with E-state index in [-0.39, 0.29) is 23.8 Å². The van der Waals surface area contributed by atoms with Gasteiger partial charge in [0.2, 0.25) is 5.91 Å². The molecule has 2 aromatic carbocycles. The highest BCUT2D eigenvalue weighted by atomic mass is 16.6. The molecule has 38 heavy (non-hydrogen) atoms. The first-order chi connectivity index (χ1) is 18.0. The molecule has 0 bridgehead atoms. The third-order valence-corrected chi connectivity index (χ3v) is 6.33. The molecule has 0 spiro atoms. The van der Waals surface area contributed by atoms with E-state index in [1.807, 2.05) is 56.6 Å². The van der Waals surface area contributed by atoms with Gasteiger partial charge in [-0.2, -0.15) is 5.10 Å². The molecule has 9 nitrogen and oxygen atoms in total. The zero-order chi connectivity index (χ0) is 27.4. The van der Waals surface area contributed by atoms with E-state index >= 15 is 0 Å². The first-order valence-corrected chi connectivity index (χ1v) is 12.8. The van der Waals surface area contributed by atoms with E-state index in [1.165, 1.54) is 6.92 Å². The van der Waals surface area contributed by atoms with E-state index in [2.05, 4.69) is 15.7 Å². The van der Waals surface area contributed by atoms with Crippen molar-refractivity contribution in [1.29, 1.82) is 0 Å². The summed E-state index contributed by atoms with van der Waals surface area (Å²) in [6.07, 6.45) is 2.66. The highest BCUT2D eigenvalue weighted by Crippen LogP contribution is 2.33. The molecule has 200 valence electrons. The third kappa shape index (κ3) is 6.59. The van der Waals surface area contributed by atoms with Gasteiger partial charge in [0, 0.05) is 37.3 Å². The number of amides is 3. The summed E-state index contributed by atoms with van der Waals surface area (Å²) in [5.74, 6) is -0.395. The van der Waals surface area contributed by atoms with Crippen molar-refractivity contribution >= 4 is 29.3 Å². The van der Waals surface area contributed by atoms with Crippen LogP contribution in [0.5, 0.6) is 0 Å². The number of ether oxygens (including phenoxy) is 1. The van der Waals surface area contributed by atoms with E-state index in [9.17, 15) is 14.4 Å². The Morgan fingerprint density at radius 2 is 1.50 bits per heavy atom. The number of hydrogen-bond donors (Lipinski definition) is 2. The second-order valence-electron chi connectivity index (χ2n) is 10.6. The quantitative estimate of drug-likeness (QED) is 0.465. The van der Waals surface area contributed by atoms with Crippen LogP contribution in [0.15, 0.2) is 54.7 Å². The van der Waals surface area contributed by atoms with Crippen LogP contribution in [0, 0.1) is 6.92 Å². The minimum absolute atomic E-state index is 0.0281. The number of carbonyl (C=O) groups excluding carboxylic acids is 3. The summed E-state index contributed by atoms with van der Waals surface area (Å²) in [5, 5.41) is 10.3. The molecule has 1 fully saturated rings. The highest BCUT2D eigenvalue weighted by molar-refractivity contribution is 6.05. The topological polar surface area (TPSA) is 106 Å². The fraction of sp³-hybridized carbons (Fsp3) is 0.379. The first-order valence-electron chi connectivity index (χ1n) is 12.8. The highest BCUT2D eigenvalue weighted by Gasteiger charge is 2.32. The molecule has 0 aliphatic carbocycles.